The van der Waals surface area contributed by atoms with Crippen LogP contribution in [0.25, 0.3) is 0 Å². The molecule has 0 bridgehead atoms. The summed E-state index contributed by atoms with van der Waals surface area (Å²) in [6, 6.07) is 7.61. The summed E-state index contributed by atoms with van der Waals surface area (Å²) in [6.45, 7) is 4.74. The lowest BCUT2D eigenvalue weighted by Gasteiger charge is -2.48. The molecule has 5 heteroatoms. The lowest BCUT2D eigenvalue weighted by molar-refractivity contribution is -0.219. The number of carboxylic acid groups (broad SMARTS) is 1. The monoisotopic (exact) mass is 279 g/mol. The highest BCUT2D eigenvalue weighted by Gasteiger charge is 2.44. The van der Waals surface area contributed by atoms with Crippen LogP contribution in [0.3, 0.4) is 0 Å². The van der Waals surface area contributed by atoms with Crippen molar-refractivity contribution in [2.75, 3.05) is 32.2 Å². The lowest BCUT2D eigenvalue weighted by Crippen LogP contribution is -2.64. The SMILES string of the molecule is COC1(OC)CN(c2ccc(C(C)(C)C(=O)O)cc2)C1. The Labute approximate surface area is 119 Å². The van der Waals surface area contributed by atoms with Crippen molar-refractivity contribution in [3.63, 3.8) is 0 Å². The molecule has 0 radical (unpaired) electrons. The summed E-state index contributed by atoms with van der Waals surface area (Å²) in [5.74, 6) is -1.34. The molecule has 110 valence electrons. The van der Waals surface area contributed by atoms with Crippen LogP contribution in [0.15, 0.2) is 24.3 Å². The minimum absolute atomic E-state index is 0.515. The molecule has 0 atom stereocenters. The topological polar surface area (TPSA) is 59.0 Å². The van der Waals surface area contributed by atoms with E-state index in [0.29, 0.717) is 13.1 Å². The van der Waals surface area contributed by atoms with Crippen LogP contribution in [0.1, 0.15) is 19.4 Å². The van der Waals surface area contributed by atoms with Gasteiger partial charge >= 0.3 is 5.97 Å². The van der Waals surface area contributed by atoms with Crippen molar-refractivity contribution in [1.29, 1.82) is 0 Å². The van der Waals surface area contributed by atoms with E-state index in [1.165, 1.54) is 0 Å². The van der Waals surface area contributed by atoms with Crippen molar-refractivity contribution >= 4 is 11.7 Å². The zero-order valence-corrected chi connectivity index (χ0v) is 12.3. The van der Waals surface area contributed by atoms with Crippen molar-refractivity contribution in [3.8, 4) is 0 Å². The van der Waals surface area contributed by atoms with Gasteiger partial charge in [-0.3, -0.25) is 4.79 Å². The molecule has 1 fully saturated rings. The first-order valence-corrected chi connectivity index (χ1v) is 6.54. The first-order valence-electron chi connectivity index (χ1n) is 6.54. The average Bonchev–Trinajstić information content (AvgIpc) is 2.39. The van der Waals surface area contributed by atoms with Crippen molar-refractivity contribution in [2.45, 2.75) is 25.0 Å². The van der Waals surface area contributed by atoms with Crippen molar-refractivity contribution in [1.82, 2.24) is 0 Å². The fourth-order valence-corrected chi connectivity index (χ4v) is 2.27. The summed E-state index contributed by atoms with van der Waals surface area (Å²) >= 11 is 0. The van der Waals surface area contributed by atoms with Crippen LogP contribution in [0.5, 0.6) is 0 Å². The lowest BCUT2D eigenvalue weighted by atomic mass is 9.84. The quantitative estimate of drug-likeness (QED) is 0.834. The molecule has 1 N–H and O–H groups in total. The second-order valence-electron chi connectivity index (χ2n) is 5.65. The largest absolute Gasteiger partial charge is 0.481 e. The van der Waals surface area contributed by atoms with Crippen molar-refractivity contribution in [3.05, 3.63) is 29.8 Å². The van der Waals surface area contributed by atoms with Gasteiger partial charge in [-0.05, 0) is 31.5 Å². The van der Waals surface area contributed by atoms with Gasteiger partial charge in [-0.2, -0.15) is 0 Å². The van der Waals surface area contributed by atoms with Crippen LogP contribution in [0.2, 0.25) is 0 Å². The highest BCUT2D eigenvalue weighted by Crippen LogP contribution is 2.32. The Morgan fingerprint density at radius 3 is 2.10 bits per heavy atom. The molecule has 0 aliphatic carbocycles. The van der Waals surface area contributed by atoms with E-state index in [4.69, 9.17) is 9.47 Å². The Balaban J connectivity index is 2.09. The molecule has 0 saturated carbocycles. The summed E-state index contributed by atoms with van der Waals surface area (Å²) in [7, 11) is 3.28. The normalized spacial score (nSPS) is 17.7. The Morgan fingerprint density at radius 2 is 1.70 bits per heavy atom. The van der Waals surface area contributed by atoms with Gasteiger partial charge in [-0.25, -0.2) is 0 Å². The van der Waals surface area contributed by atoms with E-state index in [0.717, 1.165) is 11.3 Å². The zero-order valence-electron chi connectivity index (χ0n) is 12.3. The van der Waals surface area contributed by atoms with E-state index in [1.54, 1.807) is 28.1 Å². The Bertz CT molecular complexity index is 483. The van der Waals surface area contributed by atoms with Crippen LogP contribution >= 0.6 is 0 Å². The van der Waals surface area contributed by atoms with Gasteiger partial charge in [0.05, 0.1) is 18.5 Å². The number of methoxy groups -OCH3 is 2. The molecule has 0 aromatic heterocycles. The maximum absolute atomic E-state index is 11.2. The first-order chi connectivity index (χ1) is 9.34. The summed E-state index contributed by atoms with van der Waals surface area (Å²) in [5.41, 5.74) is 0.953. The number of nitrogens with zero attached hydrogens (tertiary/aromatic N) is 1. The van der Waals surface area contributed by atoms with Crippen LogP contribution in [-0.4, -0.2) is 44.2 Å². The van der Waals surface area contributed by atoms with Gasteiger partial charge in [0.25, 0.3) is 0 Å². The van der Waals surface area contributed by atoms with Gasteiger partial charge in [0.15, 0.2) is 0 Å². The molecule has 2 rings (SSSR count). The molecule has 1 aliphatic rings. The average molecular weight is 279 g/mol. The van der Waals surface area contributed by atoms with Crippen LogP contribution in [0, 0.1) is 0 Å². The molecule has 0 amide bonds. The molecule has 1 aromatic carbocycles. The van der Waals surface area contributed by atoms with Gasteiger partial charge in [-0.1, -0.05) is 12.1 Å². The van der Waals surface area contributed by atoms with E-state index in [1.807, 2.05) is 24.3 Å². The van der Waals surface area contributed by atoms with E-state index < -0.39 is 17.2 Å². The Hall–Kier alpha value is -1.59. The highest BCUT2D eigenvalue weighted by atomic mass is 16.7. The molecule has 20 heavy (non-hydrogen) atoms. The third kappa shape index (κ3) is 2.39. The van der Waals surface area contributed by atoms with Crippen LogP contribution < -0.4 is 4.90 Å². The van der Waals surface area contributed by atoms with Gasteiger partial charge in [0.2, 0.25) is 5.79 Å². The van der Waals surface area contributed by atoms with E-state index in [9.17, 15) is 9.90 Å². The number of hydrogen-bond acceptors (Lipinski definition) is 4. The first kappa shape index (κ1) is 14.8. The van der Waals surface area contributed by atoms with Gasteiger partial charge in [-0.15, -0.1) is 0 Å². The minimum atomic E-state index is -0.879. The summed E-state index contributed by atoms with van der Waals surface area (Å²) in [5, 5.41) is 9.22. The number of ether oxygens (including phenoxy) is 2. The fraction of sp³-hybridized carbons (Fsp3) is 0.533. The molecule has 1 heterocycles. The number of carboxylic acids is 1. The maximum Gasteiger partial charge on any atom is 0.313 e. The smallest absolute Gasteiger partial charge is 0.313 e. The van der Waals surface area contributed by atoms with Crippen molar-refractivity contribution < 1.29 is 19.4 Å². The molecular formula is C15H21NO4. The summed E-state index contributed by atoms with van der Waals surface area (Å²) in [6.07, 6.45) is 0. The standard InChI is InChI=1S/C15H21NO4/c1-14(2,13(17)18)11-5-7-12(8-6-11)16-9-15(10-16,19-3)20-4/h5-8H,9-10H2,1-4H3,(H,17,18). The molecule has 0 unspecified atom stereocenters. The third-order valence-electron chi connectivity index (χ3n) is 4.10. The zero-order chi connectivity index (χ0) is 15.0. The van der Waals surface area contributed by atoms with Crippen LogP contribution in [0.4, 0.5) is 5.69 Å². The number of benzene rings is 1. The minimum Gasteiger partial charge on any atom is -0.481 e. The second-order valence-corrected chi connectivity index (χ2v) is 5.65. The number of rotatable bonds is 5. The second kappa shape index (κ2) is 5.07. The van der Waals surface area contributed by atoms with Gasteiger partial charge < -0.3 is 19.5 Å². The number of anilines is 1. The molecule has 0 spiro atoms. The summed E-state index contributed by atoms with van der Waals surface area (Å²) < 4.78 is 10.7. The van der Waals surface area contributed by atoms with Crippen molar-refractivity contribution in [2.24, 2.45) is 0 Å². The highest BCUT2D eigenvalue weighted by molar-refractivity contribution is 5.80. The van der Waals surface area contributed by atoms with Gasteiger partial charge in [0, 0.05) is 19.9 Å². The molecular weight excluding hydrogens is 258 g/mol. The fourth-order valence-electron chi connectivity index (χ4n) is 2.27. The molecule has 1 aliphatic heterocycles. The number of carbonyl (C=O) groups is 1. The number of aliphatic carboxylic acids is 1. The Kier molecular flexibility index (Phi) is 3.75. The molecule has 1 saturated heterocycles. The maximum atomic E-state index is 11.2. The predicted octanol–water partition coefficient (Wildman–Crippen LogP) is 1.86. The predicted molar refractivity (Wildman–Crippen MR) is 76.1 cm³/mol. The van der Waals surface area contributed by atoms with E-state index >= 15 is 0 Å². The Morgan fingerprint density at radius 1 is 1.20 bits per heavy atom. The third-order valence-corrected chi connectivity index (χ3v) is 4.10. The number of hydrogen-bond donors (Lipinski definition) is 1. The van der Waals surface area contributed by atoms with Gasteiger partial charge in [0.1, 0.15) is 0 Å². The van der Waals surface area contributed by atoms with Crippen LogP contribution in [-0.2, 0) is 19.7 Å². The van der Waals surface area contributed by atoms with E-state index in [-0.39, 0.29) is 0 Å². The van der Waals surface area contributed by atoms with E-state index in [2.05, 4.69) is 4.90 Å². The summed E-state index contributed by atoms with van der Waals surface area (Å²) in [4.78, 5) is 13.4. The molecule has 1 aromatic rings. The molecule has 5 nitrogen and oxygen atoms in total.